The molecule has 0 atom stereocenters. The molecule has 1 aromatic carbocycles. The maximum atomic E-state index is 5.59. The van der Waals surface area contributed by atoms with E-state index in [9.17, 15) is 0 Å². The summed E-state index contributed by atoms with van der Waals surface area (Å²) in [5, 5.41) is 0. The van der Waals surface area contributed by atoms with E-state index < -0.39 is 0 Å². The van der Waals surface area contributed by atoms with Gasteiger partial charge in [0, 0.05) is 11.8 Å². The SMILES string of the molecule is NCCc1ccnc(-c2ccc3c(c2)OCCO3)c1. The first kappa shape index (κ1) is 12.0. The first-order valence-electron chi connectivity index (χ1n) is 6.42. The summed E-state index contributed by atoms with van der Waals surface area (Å²) in [6.45, 7) is 1.85. The molecule has 0 saturated heterocycles. The zero-order valence-corrected chi connectivity index (χ0v) is 10.6. The molecular weight excluding hydrogens is 240 g/mol. The minimum Gasteiger partial charge on any atom is -0.486 e. The van der Waals surface area contributed by atoms with Gasteiger partial charge < -0.3 is 15.2 Å². The van der Waals surface area contributed by atoms with Crippen LogP contribution in [-0.2, 0) is 6.42 Å². The van der Waals surface area contributed by atoms with E-state index in [0.29, 0.717) is 19.8 Å². The molecule has 1 aromatic heterocycles. The molecule has 0 bridgehead atoms. The predicted octanol–water partition coefficient (Wildman–Crippen LogP) is 2.02. The lowest BCUT2D eigenvalue weighted by Gasteiger charge is -2.18. The number of pyridine rings is 1. The molecule has 4 nitrogen and oxygen atoms in total. The summed E-state index contributed by atoms with van der Waals surface area (Å²) < 4.78 is 11.1. The van der Waals surface area contributed by atoms with E-state index in [-0.39, 0.29) is 0 Å². The molecule has 4 heteroatoms. The molecule has 0 spiro atoms. The second kappa shape index (κ2) is 5.28. The quantitative estimate of drug-likeness (QED) is 0.912. The van der Waals surface area contributed by atoms with Gasteiger partial charge in [-0.1, -0.05) is 0 Å². The number of hydrogen-bond acceptors (Lipinski definition) is 4. The highest BCUT2D eigenvalue weighted by Crippen LogP contribution is 2.34. The molecule has 0 saturated carbocycles. The van der Waals surface area contributed by atoms with Crippen LogP contribution in [-0.4, -0.2) is 24.7 Å². The first-order chi connectivity index (χ1) is 9.36. The van der Waals surface area contributed by atoms with Crippen molar-refractivity contribution in [3.05, 3.63) is 42.1 Å². The van der Waals surface area contributed by atoms with Crippen molar-refractivity contribution in [2.75, 3.05) is 19.8 Å². The van der Waals surface area contributed by atoms with Gasteiger partial charge in [0.15, 0.2) is 11.5 Å². The molecule has 3 rings (SSSR count). The van der Waals surface area contributed by atoms with E-state index in [4.69, 9.17) is 15.2 Å². The van der Waals surface area contributed by atoms with Crippen LogP contribution in [0.2, 0.25) is 0 Å². The van der Waals surface area contributed by atoms with Gasteiger partial charge in [0.2, 0.25) is 0 Å². The molecule has 2 aromatic rings. The van der Waals surface area contributed by atoms with E-state index in [1.807, 2.05) is 30.5 Å². The van der Waals surface area contributed by atoms with Crippen molar-refractivity contribution < 1.29 is 9.47 Å². The highest BCUT2D eigenvalue weighted by Gasteiger charge is 2.12. The number of benzene rings is 1. The zero-order chi connectivity index (χ0) is 13.1. The first-order valence-corrected chi connectivity index (χ1v) is 6.42. The van der Waals surface area contributed by atoms with Crippen LogP contribution < -0.4 is 15.2 Å². The fourth-order valence-electron chi connectivity index (χ4n) is 2.16. The normalized spacial score (nSPS) is 13.3. The Morgan fingerprint density at radius 1 is 1.05 bits per heavy atom. The number of aromatic nitrogens is 1. The Labute approximate surface area is 112 Å². The summed E-state index contributed by atoms with van der Waals surface area (Å²) in [6.07, 6.45) is 2.68. The molecule has 1 aliphatic heterocycles. The fourth-order valence-corrected chi connectivity index (χ4v) is 2.16. The Kier molecular flexibility index (Phi) is 3.33. The topological polar surface area (TPSA) is 57.4 Å². The van der Waals surface area contributed by atoms with Gasteiger partial charge in [-0.25, -0.2) is 0 Å². The van der Waals surface area contributed by atoms with E-state index in [0.717, 1.165) is 29.2 Å². The summed E-state index contributed by atoms with van der Waals surface area (Å²) in [7, 11) is 0. The second-order valence-electron chi connectivity index (χ2n) is 4.45. The van der Waals surface area contributed by atoms with Crippen molar-refractivity contribution in [1.82, 2.24) is 4.98 Å². The van der Waals surface area contributed by atoms with Crippen LogP contribution >= 0.6 is 0 Å². The second-order valence-corrected chi connectivity index (χ2v) is 4.45. The van der Waals surface area contributed by atoms with Gasteiger partial charge in [-0.05, 0) is 48.9 Å². The average molecular weight is 256 g/mol. The van der Waals surface area contributed by atoms with E-state index in [2.05, 4.69) is 11.1 Å². The molecule has 0 radical (unpaired) electrons. The lowest BCUT2D eigenvalue weighted by Crippen LogP contribution is -2.15. The van der Waals surface area contributed by atoms with Crippen LogP contribution in [0.1, 0.15) is 5.56 Å². The molecule has 98 valence electrons. The number of nitrogens with zero attached hydrogens (tertiary/aromatic N) is 1. The van der Waals surface area contributed by atoms with Gasteiger partial charge in [0.1, 0.15) is 13.2 Å². The van der Waals surface area contributed by atoms with Crippen LogP contribution in [0.25, 0.3) is 11.3 Å². The summed E-state index contributed by atoms with van der Waals surface area (Å²) >= 11 is 0. The minimum absolute atomic E-state index is 0.594. The number of rotatable bonds is 3. The molecule has 0 fully saturated rings. The van der Waals surface area contributed by atoms with Crippen molar-refractivity contribution in [2.24, 2.45) is 5.73 Å². The molecule has 0 amide bonds. The van der Waals surface area contributed by atoms with E-state index >= 15 is 0 Å². The van der Waals surface area contributed by atoms with Crippen molar-refractivity contribution in [1.29, 1.82) is 0 Å². The number of fused-ring (bicyclic) bond motifs is 1. The number of hydrogen-bond donors (Lipinski definition) is 1. The maximum absolute atomic E-state index is 5.59. The Hall–Kier alpha value is -2.07. The zero-order valence-electron chi connectivity index (χ0n) is 10.6. The Balaban J connectivity index is 1.95. The number of ether oxygens (including phenoxy) is 2. The molecule has 0 aliphatic carbocycles. The smallest absolute Gasteiger partial charge is 0.162 e. The van der Waals surface area contributed by atoms with Gasteiger partial charge >= 0.3 is 0 Å². The third-order valence-corrected chi connectivity index (χ3v) is 3.10. The maximum Gasteiger partial charge on any atom is 0.162 e. The largest absolute Gasteiger partial charge is 0.486 e. The summed E-state index contributed by atoms with van der Waals surface area (Å²) in [5.74, 6) is 1.59. The Morgan fingerprint density at radius 3 is 2.74 bits per heavy atom. The van der Waals surface area contributed by atoms with Gasteiger partial charge in [-0.2, -0.15) is 0 Å². The van der Waals surface area contributed by atoms with Crippen molar-refractivity contribution in [3.63, 3.8) is 0 Å². The standard InChI is InChI=1S/C15H16N2O2/c16-5-3-11-4-6-17-13(9-11)12-1-2-14-15(10-12)19-8-7-18-14/h1-2,4,6,9-10H,3,5,7-8,16H2. The van der Waals surface area contributed by atoms with E-state index in [1.54, 1.807) is 0 Å². The third-order valence-electron chi connectivity index (χ3n) is 3.10. The third kappa shape index (κ3) is 2.53. The average Bonchev–Trinajstić information content (AvgIpc) is 2.47. The number of nitrogens with two attached hydrogens (primary N) is 1. The summed E-state index contributed by atoms with van der Waals surface area (Å²) in [5.41, 5.74) is 8.74. The molecular formula is C15H16N2O2. The van der Waals surface area contributed by atoms with Crippen molar-refractivity contribution in [2.45, 2.75) is 6.42 Å². The summed E-state index contributed by atoms with van der Waals surface area (Å²) in [4.78, 5) is 4.40. The van der Waals surface area contributed by atoms with Crippen molar-refractivity contribution in [3.8, 4) is 22.8 Å². The van der Waals surface area contributed by atoms with Crippen LogP contribution in [0.4, 0.5) is 0 Å². The van der Waals surface area contributed by atoms with E-state index in [1.165, 1.54) is 5.56 Å². The fraction of sp³-hybridized carbons (Fsp3) is 0.267. The van der Waals surface area contributed by atoms with Crippen LogP contribution in [0.5, 0.6) is 11.5 Å². The Morgan fingerprint density at radius 2 is 1.89 bits per heavy atom. The molecule has 19 heavy (non-hydrogen) atoms. The molecule has 2 N–H and O–H groups in total. The van der Waals surface area contributed by atoms with Gasteiger partial charge in [-0.3, -0.25) is 4.98 Å². The molecule has 0 unspecified atom stereocenters. The monoisotopic (exact) mass is 256 g/mol. The van der Waals surface area contributed by atoms with Crippen LogP contribution in [0.3, 0.4) is 0 Å². The van der Waals surface area contributed by atoms with Gasteiger partial charge in [0.05, 0.1) is 5.69 Å². The highest BCUT2D eigenvalue weighted by atomic mass is 16.6. The van der Waals surface area contributed by atoms with Gasteiger partial charge in [0.25, 0.3) is 0 Å². The molecule has 2 heterocycles. The summed E-state index contributed by atoms with van der Waals surface area (Å²) in [6, 6.07) is 9.97. The Bertz CT molecular complexity index is 584. The predicted molar refractivity (Wildman–Crippen MR) is 73.4 cm³/mol. The lowest BCUT2D eigenvalue weighted by molar-refractivity contribution is 0.171. The van der Waals surface area contributed by atoms with Crippen LogP contribution in [0, 0.1) is 0 Å². The van der Waals surface area contributed by atoms with Gasteiger partial charge in [-0.15, -0.1) is 0 Å². The van der Waals surface area contributed by atoms with Crippen LogP contribution in [0.15, 0.2) is 36.5 Å². The minimum atomic E-state index is 0.594. The molecule has 1 aliphatic rings. The van der Waals surface area contributed by atoms with Crippen molar-refractivity contribution >= 4 is 0 Å². The highest BCUT2D eigenvalue weighted by molar-refractivity contribution is 5.64. The lowest BCUT2D eigenvalue weighted by atomic mass is 10.1.